The van der Waals surface area contributed by atoms with Crippen molar-refractivity contribution in [2.45, 2.75) is 13.3 Å². The van der Waals surface area contributed by atoms with Crippen LogP contribution in [0.3, 0.4) is 0 Å². The average Bonchev–Trinajstić information content (AvgIpc) is 2.41. The van der Waals surface area contributed by atoms with E-state index in [0.717, 1.165) is 20.6 Å². The highest BCUT2D eigenvalue weighted by Crippen LogP contribution is 2.20. The van der Waals surface area contributed by atoms with Gasteiger partial charge in [0.25, 0.3) is 0 Å². The van der Waals surface area contributed by atoms with Crippen molar-refractivity contribution in [2.24, 2.45) is 0 Å². The zero-order valence-electron chi connectivity index (χ0n) is 12.9. The van der Waals surface area contributed by atoms with Gasteiger partial charge >= 0.3 is 0 Å². The number of hydrogen-bond donors (Lipinski definition) is 1. The first-order chi connectivity index (χ1) is 10.2. The van der Waals surface area contributed by atoms with E-state index in [1.165, 1.54) is 0 Å². The molecule has 1 aromatic rings. The Balaban J connectivity index is 2.68. The Morgan fingerprint density at radius 3 is 2.64 bits per heavy atom. The SMILES string of the molecule is COCCCN(CC(=O)Nc1ccc(C)c(Br)c1)S(C)(=O)=O. The molecule has 22 heavy (non-hydrogen) atoms. The Kier molecular flexibility index (Phi) is 7.47. The number of carbonyl (C=O) groups excluding carboxylic acids is 1. The predicted molar refractivity (Wildman–Crippen MR) is 90.4 cm³/mol. The number of nitrogens with one attached hydrogen (secondary N) is 1. The third-order valence-corrected chi connectivity index (χ3v) is 5.10. The highest BCUT2D eigenvalue weighted by molar-refractivity contribution is 9.10. The fourth-order valence-electron chi connectivity index (χ4n) is 1.78. The van der Waals surface area contributed by atoms with Crippen molar-refractivity contribution < 1.29 is 17.9 Å². The molecule has 0 aliphatic heterocycles. The second-order valence-electron chi connectivity index (χ2n) is 4.96. The van der Waals surface area contributed by atoms with E-state index in [0.29, 0.717) is 18.7 Å². The van der Waals surface area contributed by atoms with Crippen LogP contribution in [0.1, 0.15) is 12.0 Å². The van der Waals surface area contributed by atoms with Crippen LogP contribution in [0.4, 0.5) is 5.69 Å². The van der Waals surface area contributed by atoms with E-state index in [9.17, 15) is 13.2 Å². The van der Waals surface area contributed by atoms with E-state index in [-0.39, 0.29) is 19.0 Å². The number of anilines is 1. The van der Waals surface area contributed by atoms with Crippen molar-refractivity contribution >= 4 is 37.5 Å². The second kappa shape index (κ2) is 8.61. The normalized spacial score (nSPS) is 11.7. The van der Waals surface area contributed by atoms with Crippen LogP contribution in [0.15, 0.2) is 22.7 Å². The van der Waals surface area contributed by atoms with Crippen LogP contribution in [0.5, 0.6) is 0 Å². The van der Waals surface area contributed by atoms with Gasteiger partial charge in [-0.1, -0.05) is 22.0 Å². The predicted octanol–water partition coefficient (Wildman–Crippen LogP) is 1.99. The van der Waals surface area contributed by atoms with Crippen molar-refractivity contribution in [1.29, 1.82) is 0 Å². The third-order valence-electron chi connectivity index (χ3n) is 3.00. The third kappa shape index (κ3) is 6.43. The summed E-state index contributed by atoms with van der Waals surface area (Å²) >= 11 is 3.39. The molecule has 0 aromatic heterocycles. The van der Waals surface area contributed by atoms with Crippen LogP contribution >= 0.6 is 15.9 Å². The maximum Gasteiger partial charge on any atom is 0.239 e. The highest BCUT2D eigenvalue weighted by atomic mass is 79.9. The van der Waals surface area contributed by atoms with E-state index in [1.807, 2.05) is 13.0 Å². The molecule has 0 fully saturated rings. The lowest BCUT2D eigenvalue weighted by Gasteiger charge is -2.19. The van der Waals surface area contributed by atoms with Crippen molar-refractivity contribution in [1.82, 2.24) is 4.31 Å². The van der Waals surface area contributed by atoms with Crippen LogP contribution in [-0.2, 0) is 19.6 Å². The maximum absolute atomic E-state index is 12.0. The summed E-state index contributed by atoms with van der Waals surface area (Å²) in [6.45, 7) is 2.42. The maximum atomic E-state index is 12.0. The van der Waals surface area contributed by atoms with Gasteiger partial charge in [0.15, 0.2) is 0 Å². The first-order valence-electron chi connectivity index (χ1n) is 6.74. The smallest absolute Gasteiger partial charge is 0.239 e. The van der Waals surface area contributed by atoms with Crippen LogP contribution in [0.25, 0.3) is 0 Å². The molecule has 0 radical (unpaired) electrons. The summed E-state index contributed by atoms with van der Waals surface area (Å²) < 4.78 is 30.3. The Morgan fingerprint density at radius 2 is 2.09 bits per heavy atom. The summed E-state index contributed by atoms with van der Waals surface area (Å²) in [4.78, 5) is 12.0. The van der Waals surface area contributed by atoms with Gasteiger partial charge in [0.2, 0.25) is 15.9 Å². The number of halogens is 1. The first kappa shape index (κ1) is 19.1. The number of methoxy groups -OCH3 is 1. The summed E-state index contributed by atoms with van der Waals surface area (Å²) in [5, 5.41) is 2.70. The van der Waals surface area contributed by atoms with Crippen LogP contribution < -0.4 is 5.32 Å². The van der Waals surface area contributed by atoms with E-state index in [2.05, 4.69) is 21.2 Å². The molecule has 0 saturated carbocycles. The van der Waals surface area contributed by atoms with Gasteiger partial charge in [-0.05, 0) is 31.0 Å². The number of aryl methyl sites for hydroxylation is 1. The van der Waals surface area contributed by atoms with Gasteiger partial charge in [-0.15, -0.1) is 0 Å². The minimum Gasteiger partial charge on any atom is -0.385 e. The lowest BCUT2D eigenvalue weighted by molar-refractivity contribution is -0.116. The van der Waals surface area contributed by atoms with E-state index in [1.54, 1.807) is 19.2 Å². The number of amides is 1. The topological polar surface area (TPSA) is 75.7 Å². The number of carbonyl (C=O) groups is 1. The van der Waals surface area contributed by atoms with E-state index in [4.69, 9.17) is 4.74 Å². The molecular formula is C14H21BrN2O4S. The molecular weight excluding hydrogens is 372 g/mol. The summed E-state index contributed by atoms with van der Waals surface area (Å²) in [7, 11) is -1.89. The molecule has 1 N–H and O–H groups in total. The molecule has 0 unspecified atom stereocenters. The standard InChI is InChI=1S/C14H21BrN2O4S/c1-11-5-6-12(9-13(11)15)16-14(18)10-17(22(3,19)20)7-4-8-21-2/h5-6,9H,4,7-8,10H2,1-3H3,(H,16,18). The van der Waals surface area contributed by atoms with E-state index >= 15 is 0 Å². The summed E-state index contributed by atoms with van der Waals surface area (Å²) in [6.07, 6.45) is 1.63. The molecule has 0 aliphatic carbocycles. The van der Waals surface area contributed by atoms with Crippen LogP contribution in [-0.4, -0.2) is 51.7 Å². The molecule has 0 bridgehead atoms. The molecule has 124 valence electrons. The zero-order valence-corrected chi connectivity index (χ0v) is 15.3. The number of sulfonamides is 1. The number of benzene rings is 1. The quantitative estimate of drug-likeness (QED) is 0.686. The Morgan fingerprint density at radius 1 is 1.41 bits per heavy atom. The molecule has 6 nitrogen and oxygen atoms in total. The molecule has 8 heteroatoms. The van der Waals surface area contributed by atoms with Gasteiger partial charge in [-0.25, -0.2) is 8.42 Å². The molecule has 1 amide bonds. The van der Waals surface area contributed by atoms with Crippen molar-refractivity contribution in [3.8, 4) is 0 Å². The van der Waals surface area contributed by atoms with E-state index < -0.39 is 10.0 Å². The van der Waals surface area contributed by atoms with Crippen LogP contribution in [0.2, 0.25) is 0 Å². The number of nitrogens with zero attached hydrogens (tertiary/aromatic N) is 1. The fourth-order valence-corrected chi connectivity index (χ4v) is 2.97. The summed E-state index contributed by atoms with van der Waals surface area (Å²) in [5.74, 6) is -0.376. The Labute approximate surface area is 140 Å². The van der Waals surface area contributed by atoms with Gasteiger partial charge in [0, 0.05) is 30.4 Å². The molecule has 0 saturated heterocycles. The van der Waals surface area contributed by atoms with Gasteiger partial charge in [-0.3, -0.25) is 4.79 Å². The largest absolute Gasteiger partial charge is 0.385 e. The Bertz CT molecular complexity index is 619. The van der Waals surface area contributed by atoms with Crippen LogP contribution in [0, 0.1) is 6.92 Å². The molecule has 0 spiro atoms. The molecule has 1 aromatic carbocycles. The molecule has 1 rings (SSSR count). The lowest BCUT2D eigenvalue weighted by atomic mass is 10.2. The molecule has 0 aliphatic rings. The fraction of sp³-hybridized carbons (Fsp3) is 0.500. The average molecular weight is 393 g/mol. The monoisotopic (exact) mass is 392 g/mol. The lowest BCUT2D eigenvalue weighted by Crippen LogP contribution is -2.38. The summed E-state index contributed by atoms with van der Waals surface area (Å²) in [5.41, 5.74) is 1.67. The molecule has 0 atom stereocenters. The van der Waals surface area contributed by atoms with Gasteiger partial charge < -0.3 is 10.1 Å². The number of ether oxygens (including phenoxy) is 1. The van der Waals surface area contributed by atoms with Crippen molar-refractivity contribution in [3.05, 3.63) is 28.2 Å². The number of rotatable bonds is 8. The second-order valence-corrected chi connectivity index (χ2v) is 7.79. The van der Waals surface area contributed by atoms with Crippen molar-refractivity contribution in [3.63, 3.8) is 0 Å². The van der Waals surface area contributed by atoms with Crippen molar-refractivity contribution in [2.75, 3.05) is 38.4 Å². The minimum absolute atomic E-state index is 0.214. The number of hydrogen-bond acceptors (Lipinski definition) is 4. The first-order valence-corrected chi connectivity index (χ1v) is 9.38. The van der Waals surface area contributed by atoms with Gasteiger partial charge in [0.05, 0.1) is 12.8 Å². The van der Waals surface area contributed by atoms with Gasteiger partial charge in [0.1, 0.15) is 0 Å². The minimum atomic E-state index is -3.44. The Hall–Kier alpha value is -0.960. The molecule has 0 heterocycles. The highest BCUT2D eigenvalue weighted by Gasteiger charge is 2.19. The van der Waals surface area contributed by atoms with Gasteiger partial charge in [-0.2, -0.15) is 4.31 Å². The zero-order chi connectivity index (χ0) is 16.8. The summed E-state index contributed by atoms with van der Waals surface area (Å²) in [6, 6.07) is 5.42.